The van der Waals surface area contributed by atoms with E-state index in [-0.39, 0.29) is 11.6 Å². The van der Waals surface area contributed by atoms with Crippen molar-refractivity contribution >= 4 is 34.3 Å². The fourth-order valence-corrected chi connectivity index (χ4v) is 4.52. The number of halogens is 1. The van der Waals surface area contributed by atoms with Crippen LogP contribution in [0.1, 0.15) is 22.6 Å². The minimum atomic E-state index is -0.181. The Morgan fingerprint density at radius 2 is 1.71 bits per heavy atom. The van der Waals surface area contributed by atoms with E-state index in [1.54, 1.807) is 18.7 Å². The molecule has 1 atom stereocenters. The molecule has 8 heteroatoms. The normalized spacial score (nSPS) is 15.4. The Morgan fingerprint density at radius 1 is 1.00 bits per heavy atom. The highest BCUT2D eigenvalue weighted by molar-refractivity contribution is 14.1. The molecular weight excluding hydrogens is 541 g/mol. The zero-order valence-electron chi connectivity index (χ0n) is 18.9. The van der Waals surface area contributed by atoms with E-state index >= 15 is 0 Å². The standard InChI is InChI=1S/C26H24IN5O2/c1-30-25(29-32(26(30)33)16-18-8-14-22(34-2)15-9-18)31-17-23(19-6-4-3-5-7-19)24(28-31)20-10-12-21(27)13-11-20/h3-15,23H,16-17H2,1-2H3. The molecular formula is C26H24IN5O2. The predicted molar refractivity (Wildman–Crippen MR) is 142 cm³/mol. The van der Waals surface area contributed by atoms with E-state index in [2.05, 4.69) is 64.1 Å². The van der Waals surface area contributed by atoms with Gasteiger partial charge in [-0.1, -0.05) is 54.6 Å². The molecule has 0 spiro atoms. The molecule has 0 saturated heterocycles. The lowest BCUT2D eigenvalue weighted by Gasteiger charge is -2.15. The van der Waals surface area contributed by atoms with E-state index in [1.165, 1.54) is 13.8 Å². The van der Waals surface area contributed by atoms with Gasteiger partial charge in [-0.2, -0.15) is 5.10 Å². The van der Waals surface area contributed by atoms with Crippen molar-refractivity contribution in [2.24, 2.45) is 12.1 Å². The summed E-state index contributed by atoms with van der Waals surface area (Å²) in [5.41, 5.74) is 4.02. The van der Waals surface area contributed by atoms with Crippen molar-refractivity contribution in [3.63, 3.8) is 0 Å². The number of anilines is 1. The Balaban J connectivity index is 1.49. The minimum Gasteiger partial charge on any atom is -0.497 e. The molecule has 0 N–H and O–H groups in total. The largest absolute Gasteiger partial charge is 0.497 e. The van der Waals surface area contributed by atoms with Gasteiger partial charge in [-0.25, -0.2) is 14.5 Å². The maximum Gasteiger partial charge on any atom is 0.347 e. The second-order valence-corrected chi connectivity index (χ2v) is 9.43. The first-order chi connectivity index (χ1) is 16.5. The lowest BCUT2D eigenvalue weighted by molar-refractivity contribution is 0.414. The lowest BCUT2D eigenvalue weighted by atomic mass is 9.91. The van der Waals surface area contributed by atoms with Crippen LogP contribution in [0.3, 0.4) is 0 Å². The molecule has 0 aliphatic carbocycles. The van der Waals surface area contributed by atoms with E-state index in [4.69, 9.17) is 9.84 Å². The monoisotopic (exact) mass is 565 g/mol. The van der Waals surface area contributed by atoms with Crippen LogP contribution in [-0.2, 0) is 13.6 Å². The lowest BCUT2D eigenvalue weighted by Crippen LogP contribution is -2.25. The number of rotatable bonds is 6. The maximum absolute atomic E-state index is 13.0. The third-order valence-corrected chi connectivity index (χ3v) is 6.72. The van der Waals surface area contributed by atoms with Crippen LogP contribution in [-0.4, -0.2) is 33.7 Å². The first kappa shape index (κ1) is 22.4. The number of methoxy groups -OCH3 is 1. The van der Waals surface area contributed by atoms with Crippen molar-refractivity contribution in [3.8, 4) is 5.75 Å². The molecule has 1 aromatic heterocycles. The van der Waals surface area contributed by atoms with E-state index in [9.17, 15) is 4.79 Å². The Hall–Kier alpha value is -3.40. The van der Waals surface area contributed by atoms with E-state index < -0.39 is 0 Å². The minimum absolute atomic E-state index is 0.0723. The summed E-state index contributed by atoms with van der Waals surface area (Å²) in [6, 6.07) is 26.4. The molecule has 0 radical (unpaired) electrons. The number of benzene rings is 3. The molecule has 34 heavy (non-hydrogen) atoms. The third-order valence-electron chi connectivity index (χ3n) is 6.00. The Morgan fingerprint density at radius 3 is 2.38 bits per heavy atom. The Labute approximate surface area is 211 Å². The van der Waals surface area contributed by atoms with Crippen LogP contribution >= 0.6 is 22.6 Å². The van der Waals surface area contributed by atoms with Gasteiger partial charge >= 0.3 is 5.69 Å². The van der Waals surface area contributed by atoms with Gasteiger partial charge in [0.05, 0.1) is 25.9 Å². The quantitative estimate of drug-likeness (QED) is 0.328. The van der Waals surface area contributed by atoms with Crippen LogP contribution in [0, 0.1) is 3.57 Å². The van der Waals surface area contributed by atoms with Crippen molar-refractivity contribution in [2.45, 2.75) is 12.5 Å². The average molecular weight is 565 g/mol. The molecule has 0 fully saturated rings. The van der Waals surface area contributed by atoms with Crippen molar-refractivity contribution in [1.29, 1.82) is 0 Å². The van der Waals surface area contributed by atoms with Gasteiger partial charge < -0.3 is 4.74 Å². The van der Waals surface area contributed by atoms with E-state index in [1.807, 2.05) is 47.5 Å². The maximum atomic E-state index is 13.0. The number of nitrogens with zero attached hydrogens (tertiary/aromatic N) is 5. The van der Waals surface area contributed by atoms with Gasteiger partial charge in [0.2, 0.25) is 5.95 Å². The highest BCUT2D eigenvalue weighted by Gasteiger charge is 2.32. The average Bonchev–Trinajstić information content (AvgIpc) is 3.43. The molecule has 4 aromatic rings. The summed E-state index contributed by atoms with van der Waals surface area (Å²) in [5, 5.41) is 11.5. The highest BCUT2D eigenvalue weighted by atomic mass is 127. The number of ether oxygens (including phenoxy) is 1. The molecule has 1 unspecified atom stereocenters. The Bertz CT molecular complexity index is 1380. The number of hydrogen-bond donors (Lipinski definition) is 0. The smallest absolute Gasteiger partial charge is 0.347 e. The molecule has 0 amide bonds. The van der Waals surface area contributed by atoms with Gasteiger partial charge in [-0.15, -0.1) is 5.10 Å². The van der Waals surface area contributed by atoms with Crippen LogP contribution in [0.5, 0.6) is 5.75 Å². The summed E-state index contributed by atoms with van der Waals surface area (Å²) >= 11 is 2.31. The summed E-state index contributed by atoms with van der Waals surface area (Å²) in [6.07, 6.45) is 0. The van der Waals surface area contributed by atoms with Gasteiger partial charge in [0.15, 0.2) is 0 Å². The number of aromatic nitrogens is 3. The van der Waals surface area contributed by atoms with Crippen LogP contribution in [0.2, 0.25) is 0 Å². The van der Waals surface area contributed by atoms with Gasteiger partial charge in [-0.05, 0) is 63.5 Å². The summed E-state index contributed by atoms with van der Waals surface area (Å²) in [7, 11) is 3.37. The van der Waals surface area contributed by atoms with Gasteiger partial charge in [0.25, 0.3) is 0 Å². The molecule has 1 aliphatic heterocycles. The molecule has 172 valence electrons. The summed E-state index contributed by atoms with van der Waals surface area (Å²) < 4.78 is 9.44. The fraction of sp³-hybridized carbons (Fsp3) is 0.192. The molecule has 7 nitrogen and oxygen atoms in total. The van der Waals surface area contributed by atoms with E-state index in [0.717, 1.165) is 22.6 Å². The van der Waals surface area contributed by atoms with Crippen molar-refractivity contribution in [2.75, 3.05) is 18.7 Å². The number of hydrazone groups is 1. The SMILES string of the molecule is COc1ccc(Cn2nc(N3CC(c4ccccc4)C(c4ccc(I)cc4)=N3)n(C)c2=O)cc1. The van der Waals surface area contributed by atoms with Gasteiger partial charge in [-0.3, -0.25) is 4.57 Å². The van der Waals surface area contributed by atoms with Crippen LogP contribution in [0.15, 0.2) is 88.8 Å². The second-order valence-electron chi connectivity index (χ2n) is 8.18. The molecule has 0 saturated carbocycles. The van der Waals surface area contributed by atoms with Gasteiger partial charge in [0, 0.05) is 16.5 Å². The van der Waals surface area contributed by atoms with Crippen molar-refractivity contribution < 1.29 is 4.74 Å². The number of hydrogen-bond acceptors (Lipinski definition) is 5. The van der Waals surface area contributed by atoms with E-state index in [0.29, 0.717) is 19.0 Å². The molecule has 5 rings (SSSR count). The zero-order chi connectivity index (χ0) is 23.7. The molecule has 3 aromatic carbocycles. The van der Waals surface area contributed by atoms with Crippen molar-refractivity contribution in [3.05, 3.63) is 110 Å². The predicted octanol–water partition coefficient (Wildman–Crippen LogP) is 4.25. The van der Waals surface area contributed by atoms with Crippen LogP contribution in [0.4, 0.5) is 5.95 Å². The molecule has 1 aliphatic rings. The summed E-state index contributed by atoms with van der Waals surface area (Å²) in [5.74, 6) is 1.38. The van der Waals surface area contributed by atoms with Crippen molar-refractivity contribution in [1.82, 2.24) is 14.3 Å². The summed E-state index contributed by atoms with van der Waals surface area (Å²) in [4.78, 5) is 13.0. The topological polar surface area (TPSA) is 64.7 Å². The highest BCUT2D eigenvalue weighted by Crippen LogP contribution is 2.31. The van der Waals surface area contributed by atoms with Gasteiger partial charge in [0.1, 0.15) is 5.75 Å². The molecule has 0 bridgehead atoms. The van der Waals surface area contributed by atoms with Crippen LogP contribution in [0.25, 0.3) is 0 Å². The summed E-state index contributed by atoms with van der Waals surface area (Å²) in [6.45, 7) is 0.985. The first-order valence-corrected chi connectivity index (χ1v) is 12.0. The molecule has 2 heterocycles. The van der Waals surface area contributed by atoms with Crippen LogP contribution < -0.4 is 15.4 Å². The fourth-order valence-electron chi connectivity index (χ4n) is 4.16. The first-order valence-electron chi connectivity index (χ1n) is 11.0. The Kier molecular flexibility index (Phi) is 6.23. The third kappa shape index (κ3) is 4.37. The zero-order valence-corrected chi connectivity index (χ0v) is 21.1. The second kappa shape index (κ2) is 9.46.